The number of aryl methyl sites for hydroxylation is 1. The summed E-state index contributed by atoms with van der Waals surface area (Å²) in [6.45, 7) is 8.44. The minimum Gasteiger partial charge on any atom is -0.341 e. The highest BCUT2D eigenvalue weighted by Gasteiger charge is 2.21. The van der Waals surface area contributed by atoms with Crippen molar-refractivity contribution in [1.29, 1.82) is 0 Å². The Labute approximate surface area is 115 Å². The van der Waals surface area contributed by atoms with E-state index in [1.54, 1.807) is 0 Å². The van der Waals surface area contributed by atoms with Crippen LogP contribution in [0.25, 0.3) is 0 Å². The second-order valence-corrected chi connectivity index (χ2v) is 5.78. The largest absolute Gasteiger partial charge is 0.341 e. The average molecular weight is 268 g/mol. The molecule has 1 aromatic rings. The average Bonchev–Trinajstić information content (AvgIpc) is 2.38. The van der Waals surface area contributed by atoms with Gasteiger partial charge in [0.15, 0.2) is 0 Å². The van der Waals surface area contributed by atoms with Crippen molar-refractivity contribution in [2.75, 3.05) is 23.9 Å². The molecule has 18 heavy (non-hydrogen) atoms. The molecule has 1 aliphatic rings. The first-order valence-electron chi connectivity index (χ1n) is 6.76. The molecule has 0 unspecified atom stereocenters. The molecule has 100 valence electrons. The van der Waals surface area contributed by atoms with Crippen molar-refractivity contribution in [1.82, 2.24) is 9.97 Å². The van der Waals surface area contributed by atoms with Gasteiger partial charge in [-0.25, -0.2) is 9.97 Å². The first-order chi connectivity index (χ1) is 8.60. The normalized spacial score (nSPS) is 17.5. The first-order valence-corrected chi connectivity index (χ1v) is 7.30. The van der Waals surface area contributed by atoms with Crippen LogP contribution in [-0.4, -0.2) is 28.9 Å². The second kappa shape index (κ2) is 5.87. The zero-order valence-electron chi connectivity index (χ0n) is 11.5. The van der Waals surface area contributed by atoms with Crippen LogP contribution in [0.4, 0.5) is 5.95 Å². The molecule has 2 rings (SSSR count). The Balaban J connectivity index is 2.13. The number of aromatic nitrogens is 2. The summed E-state index contributed by atoms with van der Waals surface area (Å²) in [7, 11) is 0. The summed E-state index contributed by atoms with van der Waals surface area (Å²) >= 11 is 5.92. The van der Waals surface area contributed by atoms with Crippen molar-refractivity contribution < 1.29 is 0 Å². The van der Waals surface area contributed by atoms with Gasteiger partial charge in [0.2, 0.25) is 5.95 Å². The van der Waals surface area contributed by atoms with E-state index < -0.39 is 0 Å². The molecule has 0 saturated carbocycles. The maximum absolute atomic E-state index is 5.92. The molecule has 0 spiro atoms. The third-order valence-electron chi connectivity index (χ3n) is 3.57. The minimum absolute atomic E-state index is 0.450. The fraction of sp³-hybridized carbons (Fsp3) is 0.714. The van der Waals surface area contributed by atoms with Crippen LogP contribution < -0.4 is 4.90 Å². The van der Waals surface area contributed by atoms with E-state index in [-0.39, 0.29) is 0 Å². The van der Waals surface area contributed by atoms with Crippen LogP contribution in [0.15, 0.2) is 6.07 Å². The lowest BCUT2D eigenvalue weighted by molar-refractivity contribution is 0.438. The predicted octanol–water partition coefficient (Wildman–Crippen LogP) is 3.36. The van der Waals surface area contributed by atoms with Gasteiger partial charge in [-0.1, -0.05) is 13.8 Å². The molecule has 1 aliphatic heterocycles. The molecule has 0 radical (unpaired) electrons. The van der Waals surface area contributed by atoms with E-state index in [0.29, 0.717) is 11.8 Å². The molecule has 2 heterocycles. The fourth-order valence-electron chi connectivity index (χ4n) is 2.30. The fourth-order valence-corrected chi connectivity index (χ4v) is 2.61. The highest BCUT2D eigenvalue weighted by molar-refractivity contribution is 6.18. The minimum atomic E-state index is 0.450. The van der Waals surface area contributed by atoms with Crippen molar-refractivity contribution in [3.8, 4) is 0 Å². The number of hydrogen-bond acceptors (Lipinski definition) is 3. The van der Waals surface area contributed by atoms with Gasteiger partial charge in [0.25, 0.3) is 0 Å². The quantitative estimate of drug-likeness (QED) is 0.787. The van der Waals surface area contributed by atoms with E-state index in [1.165, 1.54) is 0 Å². The van der Waals surface area contributed by atoms with Crippen LogP contribution >= 0.6 is 11.6 Å². The Morgan fingerprint density at radius 2 is 2.00 bits per heavy atom. The molecule has 0 atom stereocenters. The second-order valence-electron chi connectivity index (χ2n) is 5.47. The lowest BCUT2D eigenvalue weighted by Gasteiger charge is -2.31. The summed E-state index contributed by atoms with van der Waals surface area (Å²) in [5, 5.41) is 0. The molecule has 0 aromatic carbocycles. The number of piperidine rings is 1. The van der Waals surface area contributed by atoms with Crippen LogP contribution in [0.5, 0.6) is 0 Å². The highest BCUT2D eigenvalue weighted by atomic mass is 35.5. The van der Waals surface area contributed by atoms with Gasteiger partial charge in [-0.2, -0.15) is 0 Å². The molecule has 1 saturated heterocycles. The Bertz CT molecular complexity index is 398. The van der Waals surface area contributed by atoms with E-state index in [4.69, 9.17) is 11.6 Å². The topological polar surface area (TPSA) is 29.0 Å². The SMILES string of the molecule is Cc1cc(C(C)C)nc(N2CCC(CCl)CC2)n1. The Morgan fingerprint density at radius 1 is 1.33 bits per heavy atom. The van der Waals surface area contributed by atoms with Gasteiger partial charge >= 0.3 is 0 Å². The molecule has 4 heteroatoms. The van der Waals surface area contributed by atoms with Gasteiger partial charge in [-0.3, -0.25) is 0 Å². The summed E-state index contributed by atoms with van der Waals surface area (Å²) in [6.07, 6.45) is 2.30. The third kappa shape index (κ3) is 3.14. The summed E-state index contributed by atoms with van der Waals surface area (Å²) in [4.78, 5) is 11.6. The van der Waals surface area contributed by atoms with Crippen LogP contribution in [0.2, 0.25) is 0 Å². The standard InChI is InChI=1S/C14H22ClN3/c1-10(2)13-8-11(3)16-14(17-13)18-6-4-12(9-15)5-7-18/h8,10,12H,4-7,9H2,1-3H3. The van der Waals surface area contributed by atoms with E-state index >= 15 is 0 Å². The van der Waals surface area contributed by atoms with E-state index in [0.717, 1.165) is 49.1 Å². The Kier molecular flexibility index (Phi) is 4.44. The van der Waals surface area contributed by atoms with Gasteiger partial charge in [0, 0.05) is 30.4 Å². The number of anilines is 1. The predicted molar refractivity (Wildman–Crippen MR) is 76.5 cm³/mol. The summed E-state index contributed by atoms with van der Waals surface area (Å²) in [5.74, 6) is 2.79. The van der Waals surface area contributed by atoms with Crippen molar-refractivity contribution >= 4 is 17.5 Å². The van der Waals surface area contributed by atoms with Gasteiger partial charge in [-0.15, -0.1) is 11.6 Å². The van der Waals surface area contributed by atoms with E-state index in [9.17, 15) is 0 Å². The van der Waals surface area contributed by atoms with Gasteiger partial charge in [0.1, 0.15) is 0 Å². The van der Waals surface area contributed by atoms with Crippen LogP contribution in [-0.2, 0) is 0 Å². The zero-order valence-corrected chi connectivity index (χ0v) is 12.2. The number of nitrogens with zero attached hydrogens (tertiary/aromatic N) is 3. The maximum Gasteiger partial charge on any atom is 0.225 e. The highest BCUT2D eigenvalue weighted by Crippen LogP contribution is 2.23. The monoisotopic (exact) mass is 267 g/mol. The summed E-state index contributed by atoms with van der Waals surface area (Å²) in [5.41, 5.74) is 2.19. The van der Waals surface area contributed by atoms with Crippen LogP contribution in [0, 0.1) is 12.8 Å². The van der Waals surface area contributed by atoms with Crippen molar-refractivity contribution in [3.63, 3.8) is 0 Å². The molecule has 3 nitrogen and oxygen atoms in total. The van der Waals surface area contributed by atoms with Crippen molar-refractivity contribution in [2.45, 2.75) is 39.5 Å². The molecule has 1 fully saturated rings. The van der Waals surface area contributed by atoms with Gasteiger partial charge < -0.3 is 4.90 Å². The van der Waals surface area contributed by atoms with Crippen LogP contribution in [0.1, 0.15) is 44.0 Å². The van der Waals surface area contributed by atoms with Crippen LogP contribution in [0.3, 0.4) is 0 Å². The maximum atomic E-state index is 5.92. The lowest BCUT2D eigenvalue weighted by atomic mass is 9.99. The first kappa shape index (κ1) is 13.6. The molecule has 1 aromatic heterocycles. The Morgan fingerprint density at radius 3 is 2.56 bits per heavy atom. The van der Waals surface area contributed by atoms with Gasteiger partial charge in [0.05, 0.1) is 0 Å². The number of halogens is 1. The molecule has 0 amide bonds. The summed E-state index contributed by atoms with van der Waals surface area (Å²) < 4.78 is 0. The van der Waals surface area contributed by atoms with E-state index in [1.807, 2.05) is 6.92 Å². The zero-order chi connectivity index (χ0) is 13.1. The number of hydrogen-bond donors (Lipinski definition) is 0. The Hall–Kier alpha value is -0.830. The lowest BCUT2D eigenvalue weighted by Crippen LogP contribution is -2.35. The number of rotatable bonds is 3. The van der Waals surface area contributed by atoms with Gasteiger partial charge in [-0.05, 0) is 37.7 Å². The molecule has 0 aliphatic carbocycles. The van der Waals surface area contributed by atoms with E-state index in [2.05, 4.69) is 34.8 Å². The number of alkyl halides is 1. The molecule has 0 N–H and O–H groups in total. The van der Waals surface area contributed by atoms with Crippen molar-refractivity contribution in [2.24, 2.45) is 5.92 Å². The molecular formula is C14H22ClN3. The smallest absolute Gasteiger partial charge is 0.225 e. The van der Waals surface area contributed by atoms with Crippen molar-refractivity contribution in [3.05, 3.63) is 17.5 Å². The third-order valence-corrected chi connectivity index (χ3v) is 4.01. The molecular weight excluding hydrogens is 246 g/mol. The summed E-state index contributed by atoms with van der Waals surface area (Å²) in [6, 6.07) is 2.08. The molecule has 0 bridgehead atoms.